The second-order valence-corrected chi connectivity index (χ2v) is 10.8. The molecule has 33 heavy (non-hydrogen) atoms. The van der Waals surface area contributed by atoms with Crippen LogP contribution in [0.3, 0.4) is 0 Å². The largest absolute Gasteiger partial charge is 0.359 e. The molecule has 1 rings (SSSR count). The van der Waals surface area contributed by atoms with Gasteiger partial charge in [0, 0.05) is 25.5 Å². The fourth-order valence-electron chi connectivity index (χ4n) is 5.12. The van der Waals surface area contributed by atoms with Crippen molar-refractivity contribution in [2.45, 2.75) is 168 Å². The van der Waals surface area contributed by atoms with Crippen LogP contribution in [-0.2, 0) is 0 Å². The van der Waals surface area contributed by atoms with Gasteiger partial charge in [0.15, 0.2) is 0 Å². The van der Waals surface area contributed by atoms with Crippen LogP contribution < -0.4 is 0 Å². The second-order valence-electron chi connectivity index (χ2n) is 10.8. The second kappa shape index (κ2) is 24.5. The van der Waals surface area contributed by atoms with Crippen molar-refractivity contribution in [3.63, 3.8) is 0 Å². The molecule has 0 aromatic heterocycles. The minimum absolute atomic E-state index is 1.13. The Labute approximate surface area is 210 Å². The Bertz CT molecular complexity index is 406. The monoisotopic (exact) mass is 462 g/mol. The number of rotatable bonds is 26. The summed E-state index contributed by atoms with van der Waals surface area (Å²) >= 11 is 0. The standard InChI is InChI=1S/C31H62N2/c1-3-5-7-9-11-13-14-15-16-17-18-20-22-24-26-28-33-30-29-32(31-33)27-25-23-21-19-12-10-8-6-4-2/h29-30H,3-28,31H2,1-2H3. The van der Waals surface area contributed by atoms with Gasteiger partial charge in [-0.1, -0.05) is 155 Å². The van der Waals surface area contributed by atoms with Gasteiger partial charge in [-0.2, -0.15) is 0 Å². The number of hydrogen-bond donors (Lipinski definition) is 0. The van der Waals surface area contributed by atoms with E-state index in [0.29, 0.717) is 0 Å². The maximum absolute atomic E-state index is 2.52. The number of nitrogens with zero attached hydrogens (tertiary/aromatic N) is 2. The maximum Gasteiger partial charge on any atom is 0.0893 e. The van der Waals surface area contributed by atoms with Crippen LogP contribution in [0.1, 0.15) is 168 Å². The van der Waals surface area contributed by atoms with E-state index in [0.717, 1.165) is 6.67 Å². The molecule has 2 heteroatoms. The Balaban J connectivity index is 1.76. The molecule has 0 atom stereocenters. The third-order valence-electron chi connectivity index (χ3n) is 7.45. The molecule has 0 saturated heterocycles. The summed E-state index contributed by atoms with van der Waals surface area (Å²) in [5.41, 5.74) is 0. The Kier molecular flexibility index (Phi) is 22.5. The predicted molar refractivity (Wildman–Crippen MR) is 150 cm³/mol. The van der Waals surface area contributed by atoms with Gasteiger partial charge in [0.1, 0.15) is 0 Å². The summed E-state index contributed by atoms with van der Waals surface area (Å²) in [6, 6.07) is 0. The van der Waals surface area contributed by atoms with Gasteiger partial charge in [0.2, 0.25) is 0 Å². The highest BCUT2D eigenvalue weighted by Crippen LogP contribution is 2.15. The van der Waals surface area contributed by atoms with E-state index < -0.39 is 0 Å². The molecule has 196 valence electrons. The molecule has 0 spiro atoms. The fraction of sp³-hybridized carbons (Fsp3) is 0.935. The molecule has 0 saturated carbocycles. The van der Waals surface area contributed by atoms with Crippen molar-refractivity contribution in [2.75, 3.05) is 19.8 Å². The smallest absolute Gasteiger partial charge is 0.0893 e. The zero-order chi connectivity index (χ0) is 23.7. The van der Waals surface area contributed by atoms with Crippen LogP contribution in [0.5, 0.6) is 0 Å². The number of hydrogen-bond acceptors (Lipinski definition) is 2. The molecule has 2 nitrogen and oxygen atoms in total. The molecule has 0 N–H and O–H groups in total. The average Bonchev–Trinajstić information content (AvgIpc) is 3.28. The Morgan fingerprint density at radius 2 is 0.606 bits per heavy atom. The third-order valence-corrected chi connectivity index (χ3v) is 7.45. The summed E-state index contributed by atoms with van der Waals surface area (Å²) < 4.78 is 0. The Hall–Kier alpha value is -0.660. The minimum atomic E-state index is 1.13. The van der Waals surface area contributed by atoms with Crippen molar-refractivity contribution in [3.05, 3.63) is 12.4 Å². The van der Waals surface area contributed by atoms with Crippen molar-refractivity contribution in [1.29, 1.82) is 0 Å². The van der Waals surface area contributed by atoms with E-state index in [-0.39, 0.29) is 0 Å². The highest BCUT2D eigenvalue weighted by molar-refractivity contribution is 4.90. The minimum Gasteiger partial charge on any atom is -0.359 e. The van der Waals surface area contributed by atoms with Crippen LogP contribution in [0, 0.1) is 0 Å². The first-order valence-electron chi connectivity index (χ1n) is 15.5. The quantitative estimate of drug-likeness (QED) is 0.118. The molecule has 0 aliphatic carbocycles. The van der Waals surface area contributed by atoms with Crippen LogP contribution in [0.15, 0.2) is 12.4 Å². The SMILES string of the molecule is CCCCCCCCCCCCCCCCCN1C=CN(CCCCCCCCCCC)C1. The molecular weight excluding hydrogens is 400 g/mol. The topological polar surface area (TPSA) is 6.48 Å². The van der Waals surface area contributed by atoms with Crippen LogP contribution in [0.4, 0.5) is 0 Å². The highest BCUT2D eigenvalue weighted by atomic mass is 15.3. The normalized spacial score (nSPS) is 13.5. The summed E-state index contributed by atoms with van der Waals surface area (Å²) in [7, 11) is 0. The lowest BCUT2D eigenvalue weighted by molar-refractivity contribution is 0.257. The van der Waals surface area contributed by atoms with Crippen molar-refractivity contribution in [1.82, 2.24) is 9.80 Å². The van der Waals surface area contributed by atoms with E-state index in [9.17, 15) is 0 Å². The molecule has 1 aliphatic rings. The lowest BCUT2D eigenvalue weighted by Gasteiger charge is -2.21. The molecule has 0 aromatic carbocycles. The van der Waals surface area contributed by atoms with Crippen LogP contribution in [-0.4, -0.2) is 29.6 Å². The molecule has 0 bridgehead atoms. The van der Waals surface area contributed by atoms with Crippen molar-refractivity contribution in [3.8, 4) is 0 Å². The lowest BCUT2D eigenvalue weighted by Crippen LogP contribution is -2.26. The van der Waals surface area contributed by atoms with E-state index in [4.69, 9.17) is 0 Å². The van der Waals surface area contributed by atoms with Gasteiger partial charge in [-0.3, -0.25) is 0 Å². The van der Waals surface area contributed by atoms with E-state index in [2.05, 4.69) is 36.0 Å². The first kappa shape index (κ1) is 30.4. The van der Waals surface area contributed by atoms with Gasteiger partial charge in [-0.05, 0) is 12.8 Å². The van der Waals surface area contributed by atoms with Gasteiger partial charge in [0.25, 0.3) is 0 Å². The zero-order valence-corrected chi connectivity index (χ0v) is 23.1. The van der Waals surface area contributed by atoms with Gasteiger partial charge in [0.05, 0.1) is 6.67 Å². The molecular formula is C31H62N2. The van der Waals surface area contributed by atoms with Gasteiger partial charge < -0.3 is 9.80 Å². The van der Waals surface area contributed by atoms with Gasteiger partial charge in [-0.15, -0.1) is 0 Å². The van der Waals surface area contributed by atoms with Crippen molar-refractivity contribution >= 4 is 0 Å². The lowest BCUT2D eigenvalue weighted by atomic mass is 10.0. The van der Waals surface area contributed by atoms with Gasteiger partial charge in [-0.25, -0.2) is 0 Å². The van der Waals surface area contributed by atoms with Crippen molar-refractivity contribution < 1.29 is 0 Å². The summed E-state index contributed by atoms with van der Waals surface area (Å²) in [6.45, 7) is 8.24. The van der Waals surface area contributed by atoms with E-state index >= 15 is 0 Å². The van der Waals surface area contributed by atoms with Crippen molar-refractivity contribution in [2.24, 2.45) is 0 Å². The summed E-state index contributed by atoms with van der Waals surface area (Å²) in [5, 5.41) is 0. The zero-order valence-electron chi connectivity index (χ0n) is 23.1. The van der Waals surface area contributed by atoms with Crippen LogP contribution in [0.25, 0.3) is 0 Å². The van der Waals surface area contributed by atoms with Gasteiger partial charge >= 0.3 is 0 Å². The number of unbranched alkanes of at least 4 members (excludes halogenated alkanes) is 22. The fourth-order valence-corrected chi connectivity index (χ4v) is 5.12. The Morgan fingerprint density at radius 1 is 0.364 bits per heavy atom. The summed E-state index contributed by atoms with van der Waals surface area (Å²) in [4.78, 5) is 5.04. The van der Waals surface area contributed by atoms with E-state index in [1.165, 1.54) is 167 Å². The first-order chi connectivity index (χ1) is 16.4. The average molecular weight is 463 g/mol. The Morgan fingerprint density at radius 3 is 0.879 bits per heavy atom. The maximum atomic E-state index is 2.52. The molecule has 0 radical (unpaired) electrons. The molecule has 0 unspecified atom stereocenters. The highest BCUT2D eigenvalue weighted by Gasteiger charge is 2.10. The molecule has 0 amide bonds. The van der Waals surface area contributed by atoms with Crippen LogP contribution in [0.2, 0.25) is 0 Å². The predicted octanol–water partition coefficient (Wildman–Crippen LogP) is 10.4. The van der Waals surface area contributed by atoms with E-state index in [1.807, 2.05) is 0 Å². The third kappa shape index (κ3) is 20.4. The summed E-state index contributed by atoms with van der Waals surface area (Å²) in [6.07, 6.45) is 39.2. The van der Waals surface area contributed by atoms with Crippen LogP contribution >= 0.6 is 0 Å². The van der Waals surface area contributed by atoms with E-state index in [1.54, 1.807) is 0 Å². The molecule has 0 fully saturated rings. The first-order valence-corrected chi connectivity index (χ1v) is 15.5. The molecule has 1 aliphatic heterocycles. The summed E-state index contributed by atoms with van der Waals surface area (Å²) in [5.74, 6) is 0. The molecule has 0 aromatic rings. The molecule has 1 heterocycles.